The summed E-state index contributed by atoms with van der Waals surface area (Å²) in [5.41, 5.74) is 0. The molecule has 0 saturated heterocycles. The van der Waals surface area contributed by atoms with E-state index >= 15 is 0 Å². The third-order valence-corrected chi connectivity index (χ3v) is 11.2. The zero-order valence-corrected chi connectivity index (χ0v) is 44.1. The van der Waals surface area contributed by atoms with Gasteiger partial charge in [-0.2, -0.15) is 0 Å². The first kappa shape index (κ1) is 64.0. The number of allylic oxidation sites excluding steroid dienone is 22. The van der Waals surface area contributed by atoms with Crippen LogP contribution in [0.2, 0.25) is 0 Å². The van der Waals surface area contributed by atoms with Crippen LogP contribution in [0.4, 0.5) is 0 Å². The molecule has 0 aliphatic carbocycles. The second-order valence-corrected chi connectivity index (χ2v) is 17.7. The molecule has 0 spiro atoms. The van der Waals surface area contributed by atoms with Crippen molar-refractivity contribution in [3.05, 3.63) is 134 Å². The highest BCUT2D eigenvalue weighted by Gasteiger charge is 2.17. The molecule has 384 valence electrons. The summed E-state index contributed by atoms with van der Waals surface area (Å²) < 4.78 is 17.4. The fraction of sp³-hybridized carbons (Fsp3) is 0.619. The Morgan fingerprint density at radius 2 is 0.691 bits per heavy atom. The van der Waals surface area contributed by atoms with Gasteiger partial charge in [0.15, 0.2) is 6.10 Å². The van der Waals surface area contributed by atoms with Crippen LogP contribution in [0.5, 0.6) is 0 Å². The number of carbonyl (C=O) groups is 2. The molecule has 0 fully saturated rings. The summed E-state index contributed by atoms with van der Waals surface area (Å²) >= 11 is 0. The number of esters is 2. The minimum atomic E-state index is -0.587. The maximum Gasteiger partial charge on any atom is 0.306 e. The molecular weight excluding hydrogens is 837 g/mol. The molecule has 1 unspecified atom stereocenters. The largest absolute Gasteiger partial charge is 0.462 e. The van der Waals surface area contributed by atoms with Gasteiger partial charge in [-0.15, -0.1) is 0 Å². The minimum Gasteiger partial charge on any atom is -0.462 e. The quantitative estimate of drug-likeness (QED) is 0.0345. The smallest absolute Gasteiger partial charge is 0.306 e. The lowest BCUT2D eigenvalue weighted by Crippen LogP contribution is -2.30. The van der Waals surface area contributed by atoms with Crippen molar-refractivity contribution >= 4 is 11.9 Å². The molecule has 0 aliphatic heterocycles. The van der Waals surface area contributed by atoms with E-state index < -0.39 is 6.10 Å². The lowest BCUT2D eigenvalue weighted by molar-refractivity contribution is -0.162. The summed E-state index contributed by atoms with van der Waals surface area (Å²) in [6.07, 6.45) is 81.9. The van der Waals surface area contributed by atoms with Crippen LogP contribution < -0.4 is 0 Å². The fourth-order valence-corrected chi connectivity index (χ4v) is 7.11. The van der Waals surface area contributed by atoms with E-state index in [-0.39, 0.29) is 25.2 Å². The minimum absolute atomic E-state index is 0.0291. The standard InChI is InChI=1S/C63H102O5/c1-4-7-10-13-16-19-22-25-27-29-31-33-35-37-40-43-46-49-52-55-58-66-59-61(68-63(65)57-54-51-48-45-42-38-24-21-18-15-12-9-6-3)60-67-62(64)56-53-50-47-44-41-39-36-34-32-30-28-26-23-20-17-14-11-8-5-2/h7-8,10-11,16-17,19-21,24-28,31-34,39,41,47,50,61H,4-6,9,12-15,18,22-23,29-30,35-38,40,42-46,48-49,51-60H2,1-3H3/b10-7-,11-8-,19-16-,20-17-,24-21-,27-25-,28-26-,33-31-,34-32-,41-39-,50-47-. The molecule has 68 heavy (non-hydrogen) atoms. The summed E-state index contributed by atoms with van der Waals surface area (Å²) in [6, 6.07) is 0. The highest BCUT2D eigenvalue weighted by atomic mass is 16.6. The fourth-order valence-electron chi connectivity index (χ4n) is 7.11. The Hall–Kier alpha value is -3.96. The molecule has 0 rings (SSSR count). The average Bonchev–Trinajstić information content (AvgIpc) is 3.34. The number of hydrogen-bond acceptors (Lipinski definition) is 5. The number of rotatable bonds is 49. The van der Waals surface area contributed by atoms with Crippen molar-refractivity contribution < 1.29 is 23.8 Å². The monoisotopic (exact) mass is 939 g/mol. The zero-order valence-electron chi connectivity index (χ0n) is 44.1. The molecule has 5 nitrogen and oxygen atoms in total. The molecule has 0 aliphatic rings. The Labute approximate surface area is 419 Å². The van der Waals surface area contributed by atoms with Crippen molar-refractivity contribution in [2.24, 2.45) is 0 Å². The van der Waals surface area contributed by atoms with Gasteiger partial charge in [-0.1, -0.05) is 225 Å². The van der Waals surface area contributed by atoms with Crippen molar-refractivity contribution in [2.75, 3.05) is 19.8 Å². The number of unbranched alkanes of at least 4 members (excludes halogenated alkanes) is 16. The van der Waals surface area contributed by atoms with Crippen LogP contribution in [-0.2, 0) is 23.8 Å². The molecule has 5 heteroatoms. The first-order valence-electron chi connectivity index (χ1n) is 27.7. The highest BCUT2D eigenvalue weighted by Crippen LogP contribution is 2.12. The molecule has 0 N–H and O–H groups in total. The number of carbonyl (C=O) groups excluding carboxylic acids is 2. The van der Waals surface area contributed by atoms with Crippen LogP contribution in [0.1, 0.15) is 226 Å². The van der Waals surface area contributed by atoms with E-state index in [4.69, 9.17) is 14.2 Å². The second kappa shape index (κ2) is 57.4. The Morgan fingerprint density at radius 3 is 1.13 bits per heavy atom. The first-order chi connectivity index (χ1) is 33.6. The highest BCUT2D eigenvalue weighted by molar-refractivity contribution is 5.70. The third-order valence-electron chi connectivity index (χ3n) is 11.2. The van der Waals surface area contributed by atoms with Gasteiger partial charge in [-0.25, -0.2) is 0 Å². The second-order valence-electron chi connectivity index (χ2n) is 17.7. The Balaban J connectivity index is 4.42. The van der Waals surface area contributed by atoms with Crippen LogP contribution in [0.15, 0.2) is 134 Å². The van der Waals surface area contributed by atoms with E-state index in [2.05, 4.69) is 148 Å². The van der Waals surface area contributed by atoms with Crippen LogP contribution in [0.25, 0.3) is 0 Å². The topological polar surface area (TPSA) is 61.8 Å². The molecule has 0 aromatic rings. The number of hydrogen-bond donors (Lipinski definition) is 0. The Morgan fingerprint density at radius 1 is 0.338 bits per heavy atom. The van der Waals surface area contributed by atoms with Gasteiger partial charge < -0.3 is 14.2 Å². The van der Waals surface area contributed by atoms with Crippen molar-refractivity contribution in [1.29, 1.82) is 0 Å². The van der Waals surface area contributed by atoms with Gasteiger partial charge in [0.2, 0.25) is 0 Å². The Bertz CT molecular complexity index is 1430. The van der Waals surface area contributed by atoms with E-state index in [1.165, 1.54) is 77.0 Å². The van der Waals surface area contributed by atoms with Gasteiger partial charge in [0.1, 0.15) is 6.61 Å². The molecule has 0 saturated carbocycles. The van der Waals surface area contributed by atoms with Crippen LogP contribution in [0, 0.1) is 0 Å². The summed E-state index contributed by atoms with van der Waals surface area (Å²) in [4.78, 5) is 25.4. The van der Waals surface area contributed by atoms with Crippen LogP contribution in [0.3, 0.4) is 0 Å². The predicted octanol–water partition coefficient (Wildman–Crippen LogP) is 19.1. The molecule has 0 aromatic carbocycles. The van der Waals surface area contributed by atoms with Gasteiger partial charge in [0.25, 0.3) is 0 Å². The third kappa shape index (κ3) is 54.6. The molecule has 0 radical (unpaired) electrons. The zero-order chi connectivity index (χ0) is 49.2. The lowest BCUT2D eigenvalue weighted by atomic mass is 10.1. The SMILES string of the molecule is CC/C=C\C/C=C\C/C=C\C/C=C\C/C=C\C/C=C\CCC(=O)OCC(COCCCCCCCCC/C=C\C/C=C\C/C=C\C/C=C\CC)OC(=O)CCCCCCC/C=C\CCCCCC. The van der Waals surface area contributed by atoms with Gasteiger partial charge in [0.05, 0.1) is 6.61 Å². The predicted molar refractivity (Wildman–Crippen MR) is 297 cm³/mol. The maximum atomic E-state index is 12.8. The molecule has 0 bridgehead atoms. The van der Waals surface area contributed by atoms with Gasteiger partial charge >= 0.3 is 11.9 Å². The molecule has 0 heterocycles. The first-order valence-corrected chi connectivity index (χ1v) is 27.7. The van der Waals surface area contributed by atoms with Gasteiger partial charge in [-0.3, -0.25) is 9.59 Å². The maximum absolute atomic E-state index is 12.8. The molecular formula is C63H102O5. The van der Waals surface area contributed by atoms with Gasteiger partial charge in [0, 0.05) is 19.4 Å². The van der Waals surface area contributed by atoms with E-state index in [1.54, 1.807) is 0 Å². The van der Waals surface area contributed by atoms with Crippen LogP contribution >= 0.6 is 0 Å². The van der Waals surface area contributed by atoms with Crippen molar-refractivity contribution in [3.63, 3.8) is 0 Å². The van der Waals surface area contributed by atoms with E-state index in [0.29, 0.717) is 25.9 Å². The summed E-state index contributed by atoms with van der Waals surface area (Å²) in [5.74, 6) is -0.518. The lowest BCUT2D eigenvalue weighted by Gasteiger charge is -2.18. The molecule has 1 atom stereocenters. The van der Waals surface area contributed by atoms with Crippen molar-refractivity contribution in [1.82, 2.24) is 0 Å². The van der Waals surface area contributed by atoms with Crippen LogP contribution in [-0.4, -0.2) is 37.9 Å². The summed E-state index contributed by atoms with van der Waals surface area (Å²) in [6.45, 7) is 7.46. The average molecular weight is 940 g/mol. The summed E-state index contributed by atoms with van der Waals surface area (Å²) in [5, 5.41) is 0. The van der Waals surface area contributed by atoms with E-state index in [1.807, 2.05) is 6.08 Å². The Kier molecular flexibility index (Phi) is 54.0. The van der Waals surface area contributed by atoms with E-state index in [0.717, 1.165) is 109 Å². The molecule has 0 aromatic heterocycles. The van der Waals surface area contributed by atoms with Crippen molar-refractivity contribution in [3.8, 4) is 0 Å². The number of ether oxygens (including phenoxy) is 3. The van der Waals surface area contributed by atoms with E-state index in [9.17, 15) is 9.59 Å². The normalized spacial score (nSPS) is 13.3. The summed E-state index contributed by atoms with van der Waals surface area (Å²) in [7, 11) is 0. The van der Waals surface area contributed by atoms with Crippen molar-refractivity contribution in [2.45, 2.75) is 232 Å². The van der Waals surface area contributed by atoms with Gasteiger partial charge in [-0.05, 0) is 122 Å². The molecule has 0 amide bonds.